The Kier molecular flexibility index (Phi) is 7.20. The first kappa shape index (κ1) is 22.2. The fourth-order valence-corrected chi connectivity index (χ4v) is 4.32. The van der Waals surface area contributed by atoms with Crippen molar-refractivity contribution in [2.24, 2.45) is 0 Å². The molecular weight excluding hydrogens is 442 g/mol. The summed E-state index contributed by atoms with van der Waals surface area (Å²) in [5.41, 5.74) is 0.978. The molecule has 4 rings (SSSR count). The van der Waals surface area contributed by atoms with Gasteiger partial charge in [-0.2, -0.15) is 0 Å². The maximum atomic E-state index is 13.4. The van der Waals surface area contributed by atoms with Gasteiger partial charge in [-0.25, -0.2) is 4.39 Å². The number of ether oxygens (including phenoxy) is 2. The summed E-state index contributed by atoms with van der Waals surface area (Å²) in [5.74, 6) is 0.693. The Morgan fingerprint density at radius 2 is 2.00 bits per heavy atom. The summed E-state index contributed by atoms with van der Waals surface area (Å²) in [6, 6.07) is 10.1. The molecule has 0 radical (unpaired) electrons. The van der Waals surface area contributed by atoms with E-state index in [2.05, 4.69) is 10.2 Å². The Morgan fingerprint density at radius 3 is 2.77 bits per heavy atom. The molecule has 31 heavy (non-hydrogen) atoms. The van der Waals surface area contributed by atoms with Crippen LogP contribution in [0.4, 0.5) is 4.39 Å². The van der Waals surface area contributed by atoms with Crippen molar-refractivity contribution in [2.45, 2.75) is 37.8 Å². The lowest BCUT2D eigenvalue weighted by Crippen LogP contribution is -2.48. The first-order valence-electron chi connectivity index (χ1n) is 10.5. The lowest BCUT2D eigenvalue weighted by Gasteiger charge is -2.32. The Balaban J connectivity index is 1.13. The van der Waals surface area contributed by atoms with Crippen molar-refractivity contribution >= 4 is 29.1 Å². The number of hydrogen-bond donors (Lipinski definition) is 1. The first-order valence-corrected chi connectivity index (χ1v) is 11.3. The largest absolute Gasteiger partial charge is 0.493 e. The Hall–Kier alpha value is -2.02. The summed E-state index contributed by atoms with van der Waals surface area (Å²) in [6.07, 6.45) is 2.72. The average Bonchev–Trinajstić information content (AvgIpc) is 3.18. The molecule has 0 aliphatic carbocycles. The zero-order valence-corrected chi connectivity index (χ0v) is 18.6. The van der Waals surface area contributed by atoms with Crippen LogP contribution in [-0.2, 0) is 11.2 Å². The highest BCUT2D eigenvalue weighted by atomic mass is 35.5. The lowest BCUT2D eigenvalue weighted by atomic mass is 10.0. The molecule has 1 unspecified atom stereocenters. The molecule has 166 valence electrons. The molecule has 1 fully saturated rings. The quantitative estimate of drug-likeness (QED) is 0.610. The zero-order valence-electron chi connectivity index (χ0n) is 17.1. The Morgan fingerprint density at radius 1 is 1.19 bits per heavy atom. The van der Waals surface area contributed by atoms with E-state index in [9.17, 15) is 9.18 Å². The number of piperidine rings is 1. The molecule has 2 aromatic rings. The van der Waals surface area contributed by atoms with E-state index in [4.69, 9.17) is 32.7 Å². The van der Waals surface area contributed by atoms with Crippen LogP contribution >= 0.6 is 23.2 Å². The SMILES string of the molecule is O=C(NC1CCN(CCCOc2ccc(Cl)c(F)c2)CC1)C1Cc2cc(Cl)ccc2O1. The standard InChI is InChI=1S/C23H25Cl2FN2O3/c24-16-2-5-21-15(12-16)13-22(31-21)23(29)27-17-6-9-28(10-7-17)8-1-11-30-18-3-4-19(25)20(26)14-18/h2-5,12,14,17,22H,1,6-11,13H2,(H,27,29). The third-order valence-electron chi connectivity index (χ3n) is 5.70. The lowest BCUT2D eigenvalue weighted by molar-refractivity contribution is -0.128. The van der Waals surface area contributed by atoms with Crippen molar-refractivity contribution in [1.82, 2.24) is 10.2 Å². The molecule has 1 saturated heterocycles. The molecule has 5 nitrogen and oxygen atoms in total. The summed E-state index contributed by atoms with van der Waals surface area (Å²) in [6.45, 7) is 3.25. The van der Waals surface area contributed by atoms with E-state index < -0.39 is 11.9 Å². The van der Waals surface area contributed by atoms with Gasteiger partial charge in [0.2, 0.25) is 0 Å². The first-order chi connectivity index (χ1) is 15.0. The molecule has 0 aromatic heterocycles. The van der Waals surface area contributed by atoms with E-state index in [1.165, 1.54) is 12.1 Å². The third kappa shape index (κ3) is 5.82. The molecule has 0 bridgehead atoms. The van der Waals surface area contributed by atoms with Crippen LogP contribution < -0.4 is 14.8 Å². The molecule has 1 atom stereocenters. The minimum absolute atomic E-state index is 0.0608. The number of rotatable bonds is 7. The van der Waals surface area contributed by atoms with Gasteiger partial charge in [-0.3, -0.25) is 4.79 Å². The van der Waals surface area contributed by atoms with Crippen LogP contribution in [-0.4, -0.2) is 49.2 Å². The van der Waals surface area contributed by atoms with Gasteiger partial charge in [-0.15, -0.1) is 0 Å². The van der Waals surface area contributed by atoms with Crippen molar-refractivity contribution in [3.8, 4) is 11.5 Å². The number of hydrogen-bond acceptors (Lipinski definition) is 4. The van der Waals surface area contributed by atoms with Gasteiger partial charge < -0.3 is 19.7 Å². The second kappa shape index (κ2) is 10.1. The predicted octanol–water partition coefficient (Wildman–Crippen LogP) is 4.49. The van der Waals surface area contributed by atoms with Crippen molar-refractivity contribution in [3.05, 3.63) is 57.8 Å². The van der Waals surface area contributed by atoms with Crippen LogP contribution in [0.2, 0.25) is 10.0 Å². The highest BCUT2D eigenvalue weighted by Crippen LogP contribution is 2.31. The van der Waals surface area contributed by atoms with Gasteiger partial charge in [0, 0.05) is 43.2 Å². The molecule has 0 spiro atoms. The second-order valence-corrected chi connectivity index (χ2v) is 8.81. The van der Waals surface area contributed by atoms with E-state index in [-0.39, 0.29) is 17.0 Å². The van der Waals surface area contributed by atoms with E-state index in [0.29, 0.717) is 23.8 Å². The van der Waals surface area contributed by atoms with Crippen LogP contribution in [0.1, 0.15) is 24.8 Å². The molecule has 2 heterocycles. The summed E-state index contributed by atoms with van der Waals surface area (Å²) in [7, 11) is 0. The molecule has 2 aliphatic rings. The highest BCUT2D eigenvalue weighted by Gasteiger charge is 2.31. The molecule has 8 heteroatoms. The smallest absolute Gasteiger partial charge is 0.261 e. The summed E-state index contributed by atoms with van der Waals surface area (Å²) >= 11 is 11.7. The summed E-state index contributed by atoms with van der Waals surface area (Å²) in [4.78, 5) is 15.0. The molecular formula is C23H25Cl2FN2O3. The van der Waals surface area contributed by atoms with Crippen LogP contribution in [0.25, 0.3) is 0 Å². The number of carbonyl (C=O) groups excluding carboxylic acids is 1. The maximum Gasteiger partial charge on any atom is 0.261 e. The van der Waals surface area contributed by atoms with Gasteiger partial charge in [-0.05, 0) is 55.2 Å². The minimum Gasteiger partial charge on any atom is -0.493 e. The van der Waals surface area contributed by atoms with Gasteiger partial charge >= 0.3 is 0 Å². The van der Waals surface area contributed by atoms with E-state index in [0.717, 1.165) is 50.2 Å². The topological polar surface area (TPSA) is 50.8 Å². The Bertz CT molecular complexity index is 935. The van der Waals surface area contributed by atoms with Gasteiger partial charge in [0.05, 0.1) is 11.6 Å². The monoisotopic (exact) mass is 466 g/mol. The number of halogens is 3. The number of likely N-dealkylation sites (tertiary alicyclic amines) is 1. The Labute approximate surface area is 191 Å². The number of amides is 1. The summed E-state index contributed by atoms with van der Waals surface area (Å²) < 4.78 is 24.8. The number of carbonyl (C=O) groups is 1. The zero-order chi connectivity index (χ0) is 21.8. The molecule has 1 amide bonds. The van der Waals surface area contributed by atoms with Gasteiger partial charge in [-0.1, -0.05) is 23.2 Å². The molecule has 2 aromatic carbocycles. The average molecular weight is 467 g/mol. The fraction of sp³-hybridized carbons (Fsp3) is 0.435. The number of fused-ring (bicyclic) bond motifs is 1. The number of nitrogens with one attached hydrogen (secondary N) is 1. The molecule has 1 N–H and O–H groups in total. The van der Waals surface area contributed by atoms with Crippen molar-refractivity contribution in [2.75, 3.05) is 26.2 Å². The second-order valence-electron chi connectivity index (χ2n) is 7.97. The van der Waals surface area contributed by atoms with Gasteiger partial charge in [0.25, 0.3) is 5.91 Å². The highest BCUT2D eigenvalue weighted by molar-refractivity contribution is 6.31. The summed E-state index contributed by atoms with van der Waals surface area (Å²) in [5, 5.41) is 3.88. The van der Waals surface area contributed by atoms with Crippen LogP contribution in [0.15, 0.2) is 36.4 Å². The van der Waals surface area contributed by atoms with Gasteiger partial charge in [0.15, 0.2) is 6.10 Å². The van der Waals surface area contributed by atoms with E-state index >= 15 is 0 Å². The maximum absolute atomic E-state index is 13.4. The van der Waals surface area contributed by atoms with E-state index in [1.54, 1.807) is 12.1 Å². The third-order valence-corrected chi connectivity index (χ3v) is 6.24. The predicted molar refractivity (Wildman–Crippen MR) is 119 cm³/mol. The normalized spacial score (nSPS) is 19.0. The fourth-order valence-electron chi connectivity index (χ4n) is 4.00. The number of nitrogens with zero attached hydrogens (tertiary/aromatic N) is 1. The van der Waals surface area contributed by atoms with Crippen molar-refractivity contribution < 1.29 is 18.7 Å². The molecule has 0 saturated carbocycles. The van der Waals surface area contributed by atoms with Crippen molar-refractivity contribution in [1.29, 1.82) is 0 Å². The van der Waals surface area contributed by atoms with Crippen LogP contribution in [0, 0.1) is 5.82 Å². The van der Waals surface area contributed by atoms with E-state index in [1.807, 2.05) is 12.1 Å². The van der Waals surface area contributed by atoms with Crippen LogP contribution in [0.3, 0.4) is 0 Å². The van der Waals surface area contributed by atoms with Gasteiger partial charge in [0.1, 0.15) is 17.3 Å². The van der Waals surface area contributed by atoms with Crippen LogP contribution in [0.5, 0.6) is 11.5 Å². The number of benzene rings is 2. The minimum atomic E-state index is -0.485. The molecule has 2 aliphatic heterocycles. The van der Waals surface area contributed by atoms with Crippen molar-refractivity contribution in [3.63, 3.8) is 0 Å².